The summed E-state index contributed by atoms with van der Waals surface area (Å²) < 4.78 is 32.1. The first-order valence-electron chi connectivity index (χ1n) is 6.78. The molecule has 0 fully saturated rings. The van der Waals surface area contributed by atoms with Crippen molar-refractivity contribution in [2.45, 2.75) is 33.4 Å². The van der Waals surface area contributed by atoms with Gasteiger partial charge < -0.3 is 10.1 Å². The summed E-state index contributed by atoms with van der Waals surface area (Å²) in [5.41, 5.74) is 1.73. The molecule has 1 N–H and O–H groups in total. The summed E-state index contributed by atoms with van der Waals surface area (Å²) in [7, 11) is 0. The van der Waals surface area contributed by atoms with Crippen LogP contribution in [0.5, 0.6) is 11.6 Å². The van der Waals surface area contributed by atoms with Gasteiger partial charge in [0.2, 0.25) is 11.7 Å². The van der Waals surface area contributed by atoms with Gasteiger partial charge in [-0.3, -0.25) is 0 Å². The van der Waals surface area contributed by atoms with Gasteiger partial charge in [-0.05, 0) is 30.7 Å². The first-order valence-corrected chi connectivity index (χ1v) is 6.78. The monoisotopic (exact) mass is 292 g/mol. The predicted octanol–water partition coefficient (Wildman–Crippen LogP) is 3.96. The molecule has 0 aliphatic heterocycles. The third-order valence-electron chi connectivity index (χ3n) is 2.83. The molecule has 2 aromatic rings. The molecule has 0 aliphatic carbocycles. The summed E-state index contributed by atoms with van der Waals surface area (Å²) >= 11 is 0. The molecule has 0 unspecified atom stereocenters. The Morgan fingerprint density at radius 3 is 2.71 bits per heavy atom. The molecule has 21 heavy (non-hydrogen) atoms. The molecule has 0 atom stereocenters. The lowest BCUT2D eigenvalue weighted by molar-refractivity contribution is 0.404. The van der Waals surface area contributed by atoms with E-state index in [1.807, 2.05) is 26.8 Å². The molecule has 2 rings (SSSR count). The minimum atomic E-state index is -1.01. The average Bonchev–Trinajstić information content (AvgIpc) is 2.41. The number of ether oxygens (including phenoxy) is 1. The molecule has 0 bridgehead atoms. The van der Waals surface area contributed by atoms with Gasteiger partial charge >= 0.3 is 0 Å². The van der Waals surface area contributed by atoms with Gasteiger partial charge in [-0.15, -0.1) is 0 Å². The molecule has 0 spiro atoms. The first-order chi connectivity index (χ1) is 9.95. The van der Waals surface area contributed by atoms with Crippen molar-refractivity contribution in [3.8, 4) is 11.6 Å². The Kier molecular flexibility index (Phi) is 4.85. The number of rotatable bonds is 5. The van der Waals surface area contributed by atoms with Crippen LogP contribution in [0.4, 0.5) is 8.78 Å². The SMILES string of the molecule is Cc1cc(CNC(C)C)cc(Oc2cccc(F)c2F)n1. The van der Waals surface area contributed by atoms with Gasteiger partial charge in [-0.25, -0.2) is 9.37 Å². The molecule has 1 aromatic carbocycles. The van der Waals surface area contributed by atoms with E-state index in [2.05, 4.69) is 10.3 Å². The van der Waals surface area contributed by atoms with Crippen LogP contribution in [0.3, 0.4) is 0 Å². The lowest BCUT2D eigenvalue weighted by atomic mass is 10.2. The van der Waals surface area contributed by atoms with Crippen LogP contribution < -0.4 is 10.1 Å². The average molecular weight is 292 g/mol. The van der Waals surface area contributed by atoms with E-state index in [4.69, 9.17) is 4.74 Å². The fraction of sp³-hybridized carbons (Fsp3) is 0.312. The van der Waals surface area contributed by atoms with Gasteiger partial charge in [0.25, 0.3) is 0 Å². The maximum Gasteiger partial charge on any atom is 0.219 e. The van der Waals surface area contributed by atoms with E-state index in [1.165, 1.54) is 12.1 Å². The summed E-state index contributed by atoms with van der Waals surface area (Å²) in [6.45, 7) is 6.58. The van der Waals surface area contributed by atoms with Crippen molar-refractivity contribution in [1.29, 1.82) is 0 Å². The smallest absolute Gasteiger partial charge is 0.219 e. The normalized spacial score (nSPS) is 11.0. The Morgan fingerprint density at radius 1 is 1.24 bits per heavy atom. The number of halogens is 2. The van der Waals surface area contributed by atoms with E-state index in [0.717, 1.165) is 17.3 Å². The minimum absolute atomic E-state index is 0.170. The van der Waals surface area contributed by atoms with Gasteiger partial charge in [-0.2, -0.15) is 4.39 Å². The molecule has 0 amide bonds. The highest BCUT2D eigenvalue weighted by molar-refractivity contribution is 5.32. The topological polar surface area (TPSA) is 34.1 Å². The largest absolute Gasteiger partial charge is 0.436 e. The predicted molar refractivity (Wildman–Crippen MR) is 77.4 cm³/mol. The van der Waals surface area contributed by atoms with Crippen LogP contribution in [-0.4, -0.2) is 11.0 Å². The number of hydrogen-bond donors (Lipinski definition) is 1. The quantitative estimate of drug-likeness (QED) is 0.905. The molecule has 1 heterocycles. The molecule has 0 saturated heterocycles. The van der Waals surface area contributed by atoms with Gasteiger partial charge in [0.15, 0.2) is 11.6 Å². The highest BCUT2D eigenvalue weighted by Gasteiger charge is 2.11. The van der Waals surface area contributed by atoms with E-state index in [0.29, 0.717) is 12.6 Å². The standard InChI is InChI=1S/C16H18F2N2O/c1-10(2)19-9-12-7-11(3)20-15(8-12)21-14-6-4-5-13(17)16(14)18/h4-8,10,19H,9H2,1-3H3. The van der Waals surface area contributed by atoms with E-state index >= 15 is 0 Å². The van der Waals surface area contributed by atoms with Crippen molar-refractivity contribution >= 4 is 0 Å². The van der Waals surface area contributed by atoms with Crippen LogP contribution in [0.15, 0.2) is 30.3 Å². The maximum absolute atomic E-state index is 13.6. The van der Waals surface area contributed by atoms with E-state index in [9.17, 15) is 8.78 Å². The van der Waals surface area contributed by atoms with Gasteiger partial charge in [0.05, 0.1) is 0 Å². The molecule has 5 heteroatoms. The van der Waals surface area contributed by atoms with Crippen molar-refractivity contribution in [3.05, 3.63) is 53.2 Å². The second kappa shape index (κ2) is 6.63. The Bertz CT molecular complexity index is 630. The third kappa shape index (κ3) is 4.23. The molecule has 0 saturated carbocycles. The second-order valence-electron chi connectivity index (χ2n) is 5.14. The van der Waals surface area contributed by atoms with E-state index in [-0.39, 0.29) is 11.6 Å². The Hall–Kier alpha value is -2.01. The zero-order valence-electron chi connectivity index (χ0n) is 12.3. The Labute approximate surface area is 123 Å². The van der Waals surface area contributed by atoms with E-state index < -0.39 is 11.6 Å². The maximum atomic E-state index is 13.6. The molecule has 0 aliphatic rings. The molecule has 3 nitrogen and oxygen atoms in total. The zero-order chi connectivity index (χ0) is 15.4. The Balaban J connectivity index is 2.21. The Morgan fingerprint density at radius 2 is 2.00 bits per heavy atom. The van der Waals surface area contributed by atoms with Gasteiger partial charge in [0, 0.05) is 24.3 Å². The van der Waals surface area contributed by atoms with Gasteiger partial charge in [0.1, 0.15) is 0 Å². The summed E-state index contributed by atoms with van der Waals surface area (Å²) in [5, 5.41) is 3.28. The van der Waals surface area contributed by atoms with Crippen molar-refractivity contribution in [3.63, 3.8) is 0 Å². The second-order valence-corrected chi connectivity index (χ2v) is 5.14. The number of hydrogen-bond acceptors (Lipinski definition) is 3. The van der Waals surface area contributed by atoms with Crippen molar-refractivity contribution in [2.24, 2.45) is 0 Å². The molecule has 0 radical (unpaired) electrons. The van der Waals surface area contributed by atoms with Crippen molar-refractivity contribution in [2.75, 3.05) is 0 Å². The summed E-state index contributed by atoms with van der Waals surface area (Å²) in [6, 6.07) is 7.79. The summed E-state index contributed by atoms with van der Waals surface area (Å²) in [4.78, 5) is 4.19. The number of aryl methyl sites for hydroxylation is 1. The van der Waals surface area contributed by atoms with Crippen LogP contribution in [-0.2, 0) is 6.54 Å². The van der Waals surface area contributed by atoms with Crippen molar-refractivity contribution < 1.29 is 13.5 Å². The number of aromatic nitrogens is 1. The number of benzene rings is 1. The lowest BCUT2D eigenvalue weighted by Gasteiger charge is -2.11. The summed E-state index contributed by atoms with van der Waals surface area (Å²) in [5.74, 6) is -1.87. The third-order valence-corrected chi connectivity index (χ3v) is 2.83. The van der Waals surface area contributed by atoms with E-state index in [1.54, 1.807) is 6.07 Å². The zero-order valence-corrected chi connectivity index (χ0v) is 12.3. The molecular formula is C16H18F2N2O. The fourth-order valence-electron chi connectivity index (χ4n) is 1.86. The highest BCUT2D eigenvalue weighted by Crippen LogP contribution is 2.25. The van der Waals surface area contributed by atoms with Crippen LogP contribution >= 0.6 is 0 Å². The first kappa shape index (κ1) is 15.4. The molecular weight excluding hydrogens is 274 g/mol. The fourth-order valence-corrected chi connectivity index (χ4v) is 1.86. The van der Waals surface area contributed by atoms with Crippen LogP contribution in [0.2, 0.25) is 0 Å². The number of nitrogens with zero attached hydrogens (tertiary/aromatic N) is 1. The van der Waals surface area contributed by atoms with Crippen LogP contribution in [0, 0.1) is 18.6 Å². The van der Waals surface area contributed by atoms with Gasteiger partial charge in [-0.1, -0.05) is 19.9 Å². The minimum Gasteiger partial charge on any atom is -0.436 e. The highest BCUT2D eigenvalue weighted by atomic mass is 19.2. The number of pyridine rings is 1. The summed E-state index contributed by atoms with van der Waals surface area (Å²) in [6.07, 6.45) is 0. The van der Waals surface area contributed by atoms with Crippen LogP contribution in [0.25, 0.3) is 0 Å². The molecule has 112 valence electrons. The number of nitrogens with one attached hydrogen (secondary N) is 1. The van der Waals surface area contributed by atoms with Crippen molar-refractivity contribution in [1.82, 2.24) is 10.3 Å². The lowest BCUT2D eigenvalue weighted by Crippen LogP contribution is -2.21. The molecule has 1 aromatic heterocycles. The van der Waals surface area contributed by atoms with Crippen LogP contribution in [0.1, 0.15) is 25.1 Å².